The third kappa shape index (κ3) is 3.90. The Morgan fingerprint density at radius 1 is 1.17 bits per heavy atom. The maximum Gasteiger partial charge on any atom is 0.253 e. The van der Waals surface area contributed by atoms with E-state index in [1.807, 2.05) is 0 Å². The lowest BCUT2D eigenvalue weighted by Crippen LogP contribution is -2.47. The van der Waals surface area contributed by atoms with E-state index in [2.05, 4.69) is 47.8 Å². The quantitative estimate of drug-likeness (QED) is 0.784. The predicted molar refractivity (Wildman–Crippen MR) is 98.4 cm³/mol. The van der Waals surface area contributed by atoms with Crippen LogP contribution in [0.1, 0.15) is 30.4 Å². The van der Waals surface area contributed by atoms with Crippen LogP contribution in [0.2, 0.25) is 5.82 Å². The standard InChI is InChI=1S/C19H28BN3/c1-15-4-3-5-19(16(15)2)23-10-8-22(9-11-23)7-6-17-12-18(13-17)20-14-21/h3-5,17-18,20H,6-13H2,1-2H3. The Labute approximate surface area is 141 Å². The van der Waals surface area contributed by atoms with Gasteiger partial charge < -0.3 is 4.90 Å². The topological polar surface area (TPSA) is 30.3 Å². The Balaban J connectivity index is 1.41. The second-order valence-corrected chi connectivity index (χ2v) is 7.40. The third-order valence-corrected chi connectivity index (χ3v) is 5.86. The van der Waals surface area contributed by atoms with E-state index in [-0.39, 0.29) is 0 Å². The third-order valence-electron chi connectivity index (χ3n) is 5.86. The molecule has 0 spiro atoms. The molecule has 0 aromatic heterocycles. The van der Waals surface area contributed by atoms with Crippen LogP contribution < -0.4 is 4.90 Å². The van der Waals surface area contributed by atoms with Gasteiger partial charge in [-0.25, -0.2) is 5.26 Å². The van der Waals surface area contributed by atoms with E-state index in [4.69, 9.17) is 5.26 Å². The van der Waals surface area contributed by atoms with Gasteiger partial charge in [-0.2, -0.15) is 0 Å². The van der Waals surface area contributed by atoms with Gasteiger partial charge in [-0.05, 0) is 55.9 Å². The summed E-state index contributed by atoms with van der Waals surface area (Å²) in [5.74, 6) is 3.89. The highest BCUT2D eigenvalue weighted by Crippen LogP contribution is 2.40. The summed E-state index contributed by atoms with van der Waals surface area (Å²) in [7, 11) is 0.769. The number of rotatable bonds is 5. The average Bonchev–Trinajstić information content (AvgIpc) is 2.53. The van der Waals surface area contributed by atoms with E-state index < -0.39 is 0 Å². The van der Waals surface area contributed by atoms with Crippen LogP contribution in [0.15, 0.2) is 18.2 Å². The zero-order chi connectivity index (χ0) is 16.2. The van der Waals surface area contributed by atoms with Gasteiger partial charge in [-0.15, -0.1) is 0 Å². The van der Waals surface area contributed by atoms with Crippen molar-refractivity contribution in [2.75, 3.05) is 37.6 Å². The number of nitriles is 1. The minimum atomic E-state index is 0.700. The summed E-state index contributed by atoms with van der Waals surface area (Å²) in [5, 5.41) is 8.71. The molecule has 0 N–H and O–H groups in total. The molecular formula is C19H28BN3. The Kier molecular flexibility index (Phi) is 5.28. The Hall–Kier alpha value is -1.47. The lowest BCUT2D eigenvalue weighted by molar-refractivity contribution is 0.205. The molecule has 1 aliphatic heterocycles. The number of aryl methyl sites for hydroxylation is 1. The van der Waals surface area contributed by atoms with Crippen molar-refractivity contribution >= 4 is 13.0 Å². The molecule has 23 heavy (non-hydrogen) atoms. The molecule has 2 fully saturated rings. The van der Waals surface area contributed by atoms with E-state index in [9.17, 15) is 0 Å². The normalized spacial score (nSPS) is 24.8. The fourth-order valence-corrected chi connectivity index (χ4v) is 4.06. The molecule has 0 atom stereocenters. The molecule has 1 aromatic rings. The van der Waals surface area contributed by atoms with E-state index in [0.717, 1.165) is 26.3 Å². The second-order valence-electron chi connectivity index (χ2n) is 7.40. The molecule has 0 unspecified atom stereocenters. The highest BCUT2D eigenvalue weighted by Gasteiger charge is 2.30. The molecule has 1 aliphatic carbocycles. The molecule has 1 heterocycles. The molecule has 3 rings (SSSR count). The number of hydrogen-bond acceptors (Lipinski definition) is 3. The van der Waals surface area contributed by atoms with Crippen LogP contribution in [0, 0.1) is 31.0 Å². The van der Waals surface area contributed by atoms with Gasteiger partial charge >= 0.3 is 0 Å². The van der Waals surface area contributed by atoms with Crippen LogP contribution in [0.25, 0.3) is 0 Å². The van der Waals surface area contributed by atoms with Gasteiger partial charge in [-0.3, -0.25) is 4.90 Å². The van der Waals surface area contributed by atoms with Crippen LogP contribution in [0.5, 0.6) is 0 Å². The van der Waals surface area contributed by atoms with Crippen LogP contribution in [0.4, 0.5) is 5.69 Å². The summed E-state index contributed by atoms with van der Waals surface area (Å²) in [6.45, 7) is 10.3. The Morgan fingerprint density at radius 2 is 1.91 bits per heavy atom. The van der Waals surface area contributed by atoms with Gasteiger partial charge in [-0.1, -0.05) is 30.8 Å². The molecule has 3 nitrogen and oxygen atoms in total. The summed E-state index contributed by atoms with van der Waals surface area (Å²) in [6.07, 6.45) is 3.90. The first-order valence-electron chi connectivity index (χ1n) is 9.08. The molecule has 1 aromatic carbocycles. The van der Waals surface area contributed by atoms with Crippen LogP contribution in [0.3, 0.4) is 0 Å². The van der Waals surface area contributed by atoms with Crippen molar-refractivity contribution in [3.63, 3.8) is 0 Å². The van der Waals surface area contributed by atoms with Gasteiger partial charge in [0, 0.05) is 31.9 Å². The molecule has 0 amide bonds. The molecule has 0 bridgehead atoms. The molecular weight excluding hydrogens is 281 g/mol. The van der Waals surface area contributed by atoms with Gasteiger partial charge in [0.25, 0.3) is 7.28 Å². The number of nitrogens with zero attached hydrogens (tertiary/aromatic N) is 3. The maximum atomic E-state index is 8.71. The van der Waals surface area contributed by atoms with Crippen molar-refractivity contribution in [1.82, 2.24) is 4.90 Å². The van der Waals surface area contributed by atoms with E-state index in [0.29, 0.717) is 5.82 Å². The predicted octanol–water partition coefficient (Wildman–Crippen LogP) is 2.93. The van der Waals surface area contributed by atoms with Crippen molar-refractivity contribution in [2.24, 2.45) is 5.92 Å². The second kappa shape index (κ2) is 7.40. The zero-order valence-electron chi connectivity index (χ0n) is 14.6. The fourth-order valence-electron chi connectivity index (χ4n) is 4.06. The van der Waals surface area contributed by atoms with E-state index >= 15 is 0 Å². The lowest BCUT2D eigenvalue weighted by Gasteiger charge is -2.39. The molecule has 122 valence electrons. The van der Waals surface area contributed by atoms with Crippen molar-refractivity contribution < 1.29 is 0 Å². The summed E-state index contributed by atoms with van der Waals surface area (Å²) < 4.78 is 0. The average molecular weight is 309 g/mol. The van der Waals surface area contributed by atoms with Gasteiger partial charge in [0.15, 0.2) is 0 Å². The van der Waals surface area contributed by atoms with Gasteiger partial charge in [0.05, 0.1) is 0 Å². The minimum Gasteiger partial charge on any atom is -0.369 e. The van der Waals surface area contributed by atoms with E-state index in [1.165, 1.54) is 55.7 Å². The maximum absolute atomic E-state index is 8.71. The smallest absolute Gasteiger partial charge is 0.253 e. The van der Waals surface area contributed by atoms with Gasteiger partial charge in [0.2, 0.25) is 0 Å². The summed E-state index contributed by atoms with van der Waals surface area (Å²) in [5.41, 5.74) is 4.24. The first-order chi connectivity index (χ1) is 11.2. The van der Waals surface area contributed by atoms with Crippen molar-refractivity contribution in [3.8, 4) is 5.97 Å². The molecule has 2 aliphatic rings. The van der Waals surface area contributed by atoms with Crippen LogP contribution >= 0.6 is 0 Å². The molecule has 1 saturated carbocycles. The molecule has 4 heteroatoms. The highest BCUT2D eigenvalue weighted by atomic mass is 15.3. The monoisotopic (exact) mass is 309 g/mol. The molecule has 0 radical (unpaired) electrons. The largest absolute Gasteiger partial charge is 0.369 e. The van der Waals surface area contributed by atoms with Crippen LogP contribution in [-0.2, 0) is 0 Å². The van der Waals surface area contributed by atoms with Crippen molar-refractivity contribution in [2.45, 2.75) is 38.9 Å². The molecule has 1 saturated heterocycles. The summed E-state index contributed by atoms with van der Waals surface area (Å²) >= 11 is 0. The lowest BCUT2D eigenvalue weighted by atomic mass is 9.52. The summed E-state index contributed by atoms with van der Waals surface area (Å²) in [4.78, 5) is 5.17. The minimum absolute atomic E-state index is 0.700. The first-order valence-corrected chi connectivity index (χ1v) is 9.08. The summed E-state index contributed by atoms with van der Waals surface area (Å²) in [6, 6.07) is 6.65. The van der Waals surface area contributed by atoms with E-state index in [1.54, 1.807) is 0 Å². The number of piperazine rings is 1. The Bertz CT molecular complexity index is 566. The van der Waals surface area contributed by atoms with Crippen molar-refractivity contribution in [1.29, 1.82) is 5.26 Å². The zero-order valence-corrected chi connectivity index (χ0v) is 14.6. The number of anilines is 1. The first kappa shape index (κ1) is 16.4. The highest BCUT2D eigenvalue weighted by molar-refractivity contribution is 6.47. The number of hydrogen-bond donors (Lipinski definition) is 0. The Morgan fingerprint density at radius 3 is 2.61 bits per heavy atom. The SMILES string of the molecule is Cc1cccc(N2CCN(CCC3CC(BC#N)C3)CC2)c1C. The number of benzene rings is 1. The fraction of sp³-hybridized carbons (Fsp3) is 0.632. The van der Waals surface area contributed by atoms with Crippen molar-refractivity contribution in [3.05, 3.63) is 29.3 Å². The van der Waals surface area contributed by atoms with Gasteiger partial charge in [0.1, 0.15) is 0 Å². The van der Waals surface area contributed by atoms with Crippen LogP contribution in [-0.4, -0.2) is 44.9 Å².